The summed E-state index contributed by atoms with van der Waals surface area (Å²) in [5.41, 5.74) is 3.05. The number of carbonyl (C=O) groups excluding carboxylic acids is 1. The van der Waals surface area contributed by atoms with Crippen LogP contribution in [0, 0.1) is 29.6 Å². The average Bonchev–Trinajstić information content (AvgIpc) is 3.03. The second-order valence-electron chi connectivity index (χ2n) is 8.20. The van der Waals surface area contributed by atoms with Crippen molar-refractivity contribution in [2.75, 3.05) is 11.9 Å². The Labute approximate surface area is 171 Å². The van der Waals surface area contributed by atoms with Crippen molar-refractivity contribution in [2.24, 2.45) is 11.3 Å². The third-order valence-corrected chi connectivity index (χ3v) is 7.27. The van der Waals surface area contributed by atoms with Crippen LogP contribution in [0.4, 0.5) is 5.00 Å². The summed E-state index contributed by atoms with van der Waals surface area (Å²) in [7, 11) is 0. The summed E-state index contributed by atoms with van der Waals surface area (Å²) in [6, 6.07) is 9.93. The van der Waals surface area contributed by atoms with E-state index in [9.17, 15) is 10.1 Å². The van der Waals surface area contributed by atoms with E-state index >= 15 is 0 Å². The minimum atomic E-state index is -0.233. The van der Waals surface area contributed by atoms with E-state index in [0.29, 0.717) is 27.6 Å². The number of aryl methyl sites for hydroxylation is 1. The molecule has 148 valence electrons. The van der Waals surface area contributed by atoms with Gasteiger partial charge in [-0.1, -0.05) is 45.4 Å². The molecule has 1 atom stereocenters. The molecule has 3 rings (SSSR count). The van der Waals surface area contributed by atoms with Crippen molar-refractivity contribution in [3.63, 3.8) is 0 Å². The largest absolute Gasteiger partial charge is 0.483 e. The summed E-state index contributed by atoms with van der Waals surface area (Å²) >= 11 is 1.56. The standard InChI is InChI=1S/C23H28N2O2S/c1-5-23(3,4)16-10-11-17-18(13-24)22(28-20(17)12-16)25-21(26)14-27-19-9-7-6-8-15(19)2/h6-9,16H,5,10-12,14H2,1-4H3,(H,25,26)/t16-/m0/s1. The highest BCUT2D eigenvalue weighted by atomic mass is 32.1. The lowest BCUT2D eigenvalue weighted by molar-refractivity contribution is -0.118. The Morgan fingerprint density at radius 3 is 2.82 bits per heavy atom. The van der Waals surface area contributed by atoms with Crippen molar-refractivity contribution in [1.29, 1.82) is 5.26 Å². The van der Waals surface area contributed by atoms with Crippen molar-refractivity contribution in [2.45, 2.75) is 53.4 Å². The molecule has 0 aliphatic heterocycles. The van der Waals surface area contributed by atoms with Gasteiger partial charge in [0, 0.05) is 4.88 Å². The number of thiophene rings is 1. The summed E-state index contributed by atoms with van der Waals surface area (Å²) in [6.45, 7) is 8.78. The maximum absolute atomic E-state index is 12.4. The number of anilines is 1. The van der Waals surface area contributed by atoms with Gasteiger partial charge in [-0.3, -0.25) is 4.79 Å². The van der Waals surface area contributed by atoms with Gasteiger partial charge in [0.25, 0.3) is 5.91 Å². The molecule has 0 radical (unpaired) electrons. The monoisotopic (exact) mass is 396 g/mol. The molecule has 28 heavy (non-hydrogen) atoms. The molecule has 0 saturated carbocycles. The van der Waals surface area contributed by atoms with E-state index in [1.54, 1.807) is 11.3 Å². The van der Waals surface area contributed by atoms with Crippen molar-refractivity contribution in [3.05, 3.63) is 45.8 Å². The van der Waals surface area contributed by atoms with Crippen LogP contribution < -0.4 is 10.1 Å². The fourth-order valence-electron chi connectivity index (χ4n) is 3.77. The Morgan fingerprint density at radius 1 is 1.39 bits per heavy atom. The predicted molar refractivity (Wildman–Crippen MR) is 114 cm³/mol. The van der Waals surface area contributed by atoms with E-state index in [1.165, 1.54) is 4.88 Å². The van der Waals surface area contributed by atoms with Crippen LogP contribution in [0.5, 0.6) is 5.75 Å². The molecule has 0 fully saturated rings. The fraction of sp³-hybridized carbons (Fsp3) is 0.478. The van der Waals surface area contributed by atoms with E-state index in [2.05, 4.69) is 32.2 Å². The van der Waals surface area contributed by atoms with Gasteiger partial charge >= 0.3 is 0 Å². The number of nitriles is 1. The van der Waals surface area contributed by atoms with E-state index in [-0.39, 0.29) is 12.5 Å². The Morgan fingerprint density at radius 2 is 2.14 bits per heavy atom. The number of para-hydroxylation sites is 1. The molecule has 1 aromatic heterocycles. The summed E-state index contributed by atoms with van der Waals surface area (Å²) in [4.78, 5) is 13.7. The van der Waals surface area contributed by atoms with Crippen LogP contribution in [0.3, 0.4) is 0 Å². The maximum atomic E-state index is 12.4. The first kappa shape index (κ1) is 20.4. The summed E-state index contributed by atoms with van der Waals surface area (Å²) in [6.07, 6.45) is 4.15. The van der Waals surface area contributed by atoms with Crippen molar-refractivity contribution in [1.82, 2.24) is 0 Å². The van der Waals surface area contributed by atoms with Gasteiger partial charge in [-0.15, -0.1) is 11.3 Å². The molecular formula is C23H28N2O2S. The first-order chi connectivity index (χ1) is 13.4. The lowest BCUT2D eigenvalue weighted by Gasteiger charge is -2.36. The third-order valence-electron chi connectivity index (χ3n) is 6.10. The van der Waals surface area contributed by atoms with Gasteiger partial charge in [0.1, 0.15) is 16.8 Å². The van der Waals surface area contributed by atoms with Crippen LogP contribution >= 0.6 is 11.3 Å². The zero-order valence-electron chi connectivity index (χ0n) is 17.1. The molecule has 5 heteroatoms. The molecule has 0 unspecified atom stereocenters. The predicted octanol–water partition coefficient (Wildman–Crippen LogP) is 5.49. The first-order valence-corrected chi connectivity index (χ1v) is 10.7. The molecule has 0 bridgehead atoms. The van der Waals surface area contributed by atoms with Crippen LogP contribution in [0.15, 0.2) is 24.3 Å². The Bertz CT molecular complexity index is 908. The number of carbonyl (C=O) groups is 1. The number of rotatable bonds is 6. The molecule has 1 aliphatic rings. The smallest absolute Gasteiger partial charge is 0.262 e. The van der Waals surface area contributed by atoms with Gasteiger partial charge in [0.05, 0.1) is 5.56 Å². The third kappa shape index (κ3) is 4.23. The average molecular weight is 397 g/mol. The molecule has 4 nitrogen and oxygen atoms in total. The lowest BCUT2D eigenvalue weighted by atomic mass is 9.69. The van der Waals surface area contributed by atoms with Crippen LogP contribution in [0.25, 0.3) is 0 Å². The maximum Gasteiger partial charge on any atom is 0.262 e. The lowest BCUT2D eigenvalue weighted by Crippen LogP contribution is -2.28. The summed E-state index contributed by atoms with van der Waals surface area (Å²) < 4.78 is 5.63. The molecule has 1 N–H and O–H groups in total. The minimum absolute atomic E-state index is 0.0657. The van der Waals surface area contributed by atoms with E-state index in [0.717, 1.165) is 36.8 Å². The molecule has 1 amide bonds. The zero-order valence-corrected chi connectivity index (χ0v) is 17.9. The number of hydrogen-bond donors (Lipinski definition) is 1. The number of ether oxygens (including phenoxy) is 1. The van der Waals surface area contributed by atoms with Gasteiger partial charge in [-0.05, 0) is 54.7 Å². The number of amides is 1. The number of benzene rings is 1. The second-order valence-corrected chi connectivity index (χ2v) is 9.31. The summed E-state index contributed by atoms with van der Waals surface area (Å²) in [5, 5.41) is 13.2. The molecule has 0 saturated heterocycles. The quantitative estimate of drug-likeness (QED) is 0.702. The van der Waals surface area contributed by atoms with Gasteiger partial charge in [-0.2, -0.15) is 5.26 Å². The molecule has 2 aromatic rings. The number of hydrogen-bond acceptors (Lipinski definition) is 4. The summed E-state index contributed by atoms with van der Waals surface area (Å²) in [5.74, 6) is 1.08. The molecular weight excluding hydrogens is 368 g/mol. The number of nitrogens with one attached hydrogen (secondary N) is 1. The zero-order chi connectivity index (χ0) is 20.3. The van der Waals surface area contributed by atoms with Crippen molar-refractivity contribution >= 4 is 22.2 Å². The second kappa shape index (κ2) is 8.36. The van der Waals surface area contributed by atoms with E-state index in [4.69, 9.17) is 4.74 Å². The van der Waals surface area contributed by atoms with Crippen LogP contribution in [-0.2, 0) is 17.6 Å². The van der Waals surface area contributed by atoms with Crippen LogP contribution in [0.1, 0.15) is 55.2 Å². The molecule has 1 aromatic carbocycles. The van der Waals surface area contributed by atoms with E-state index in [1.807, 2.05) is 31.2 Å². The topological polar surface area (TPSA) is 62.1 Å². The SMILES string of the molecule is CCC(C)(C)[C@H]1CCc2c(sc(NC(=O)COc3ccccc3C)c2C#N)C1. The highest BCUT2D eigenvalue weighted by Gasteiger charge is 2.34. The Kier molecular flexibility index (Phi) is 6.10. The molecule has 0 spiro atoms. The van der Waals surface area contributed by atoms with Gasteiger partial charge in [-0.25, -0.2) is 0 Å². The highest BCUT2D eigenvalue weighted by molar-refractivity contribution is 7.16. The van der Waals surface area contributed by atoms with Crippen molar-refractivity contribution in [3.8, 4) is 11.8 Å². The highest BCUT2D eigenvalue weighted by Crippen LogP contribution is 2.45. The molecule has 1 heterocycles. The Hall–Kier alpha value is -2.32. The number of nitrogens with zero attached hydrogens (tertiary/aromatic N) is 1. The van der Waals surface area contributed by atoms with Crippen LogP contribution in [-0.4, -0.2) is 12.5 Å². The number of fused-ring (bicyclic) bond motifs is 1. The Balaban J connectivity index is 1.71. The fourth-order valence-corrected chi connectivity index (χ4v) is 5.07. The van der Waals surface area contributed by atoms with Gasteiger partial charge in [0.2, 0.25) is 0 Å². The minimum Gasteiger partial charge on any atom is -0.483 e. The van der Waals surface area contributed by atoms with Gasteiger partial charge in [0.15, 0.2) is 6.61 Å². The molecule has 1 aliphatic carbocycles. The first-order valence-electron chi connectivity index (χ1n) is 9.88. The normalized spacial score (nSPS) is 16.2. The van der Waals surface area contributed by atoms with E-state index < -0.39 is 0 Å². The van der Waals surface area contributed by atoms with Gasteiger partial charge < -0.3 is 10.1 Å². The van der Waals surface area contributed by atoms with Crippen LogP contribution in [0.2, 0.25) is 0 Å². The van der Waals surface area contributed by atoms with Crippen molar-refractivity contribution < 1.29 is 9.53 Å².